The average molecular weight is 352 g/mol. The van der Waals surface area contributed by atoms with Crippen LogP contribution in [0.2, 0.25) is 10.0 Å². The number of rotatable bonds is 3. The minimum Gasteiger partial charge on any atom is -0.251 e. The molecule has 2 heterocycles. The fourth-order valence-electron chi connectivity index (χ4n) is 1.94. The van der Waals surface area contributed by atoms with Crippen molar-refractivity contribution in [1.29, 1.82) is 0 Å². The maximum absolute atomic E-state index is 12.0. The van der Waals surface area contributed by atoms with E-state index in [1.807, 2.05) is 25.1 Å². The third kappa shape index (κ3) is 3.27. The molecule has 0 amide bonds. The molecular formula is C15H11Cl2N3OS. The first-order valence-electron chi connectivity index (χ1n) is 6.47. The van der Waals surface area contributed by atoms with Gasteiger partial charge in [0, 0.05) is 11.9 Å². The Hall–Kier alpha value is -1.56. The number of benzene rings is 1. The summed E-state index contributed by atoms with van der Waals surface area (Å²) >= 11 is 13.3. The van der Waals surface area contributed by atoms with E-state index in [4.69, 9.17) is 23.2 Å². The van der Waals surface area contributed by atoms with E-state index in [2.05, 4.69) is 9.97 Å². The first-order chi connectivity index (χ1) is 10.5. The van der Waals surface area contributed by atoms with Crippen LogP contribution in [-0.4, -0.2) is 14.4 Å². The largest absolute Gasteiger partial charge is 0.355 e. The van der Waals surface area contributed by atoms with Crippen molar-refractivity contribution in [2.45, 2.75) is 17.8 Å². The van der Waals surface area contributed by atoms with Crippen LogP contribution < -0.4 is 5.69 Å². The highest BCUT2D eigenvalue weighted by Crippen LogP contribution is 2.26. The summed E-state index contributed by atoms with van der Waals surface area (Å²) in [5.41, 5.74) is 2.30. The van der Waals surface area contributed by atoms with Crippen molar-refractivity contribution in [3.8, 4) is 0 Å². The molecule has 0 radical (unpaired) electrons. The van der Waals surface area contributed by atoms with Gasteiger partial charge in [0.05, 0.1) is 10.0 Å². The summed E-state index contributed by atoms with van der Waals surface area (Å²) in [6.07, 6.45) is 1.68. The van der Waals surface area contributed by atoms with Gasteiger partial charge in [-0.2, -0.15) is 4.98 Å². The summed E-state index contributed by atoms with van der Waals surface area (Å²) in [4.78, 5) is 20.4. The van der Waals surface area contributed by atoms with E-state index in [-0.39, 0.29) is 5.69 Å². The molecule has 0 bridgehead atoms. The Balaban J connectivity index is 1.87. The van der Waals surface area contributed by atoms with Gasteiger partial charge in [-0.05, 0) is 42.3 Å². The zero-order chi connectivity index (χ0) is 15.7. The van der Waals surface area contributed by atoms with Gasteiger partial charge in [0.15, 0.2) is 5.16 Å². The number of aryl methyl sites for hydroxylation is 1. The van der Waals surface area contributed by atoms with Crippen LogP contribution in [0.1, 0.15) is 11.1 Å². The topological polar surface area (TPSA) is 47.3 Å². The molecule has 0 fully saturated rings. The number of hydrogen-bond donors (Lipinski definition) is 0. The Bertz CT molecular complexity index is 911. The SMILES string of the molecule is Cc1ccn2c(=O)nc(SCc3ccc(Cl)c(Cl)c3)nc2c1. The maximum Gasteiger partial charge on any atom is 0.355 e. The minimum atomic E-state index is -0.332. The average Bonchev–Trinajstić information content (AvgIpc) is 2.48. The summed E-state index contributed by atoms with van der Waals surface area (Å²) in [5, 5.41) is 1.47. The molecule has 0 saturated carbocycles. The molecule has 0 aliphatic heterocycles. The Morgan fingerprint density at radius 2 is 1.95 bits per heavy atom. The highest BCUT2D eigenvalue weighted by molar-refractivity contribution is 7.98. The number of hydrogen-bond acceptors (Lipinski definition) is 4. The van der Waals surface area contributed by atoms with E-state index in [1.165, 1.54) is 16.2 Å². The molecule has 1 aromatic carbocycles. The van der Waals surface area contributed by atoms with Crippen molar-refractivity contribution in [1.82, 2.24) is 14.4 Å². The Labute approximate surface area is 141 Å². The van der Waals surface area contributed by atoms with Crippen molar-refractivity contribution in [3.05, 3.63) is 68.2 Å². The second-order valence-corrected chi connectivity index (χ2v) is 6.52. The third-order valence-corrected chi connectivity index (χ3v) is 4.71. The molecule has 0 atom stereocenters. The van der Waals surface area contributed by atoms with Crippen LogP contribution in [0.4, 0.5) is 0 Å². The molecule has 7 heteroatoms. The fraction of sp³-hybridized carbons (Fsp3) is 0.133. The number of halogens is 2. The van der Waals surface area contributed by atoms with Crippen LogP contribution in [0.5, 0.6) is 0 Å². The van der Waals surface area contributed by atoms with E-state index in [0.717, 1.165) is 11.1 Å². The first kappa shape index (κ1) is 15.3. The van der Waals surface area contributed by atoms with E-state index in [9.17, 15) is 4.79 Å². The minimum absolute atomic E-state index is 0.332. The summed E-state index contributed by atoms with van der Waals surface area (Å²) in [6, 6.07) is 9.14. The number of aromatic nitrogens is 3. The van der Waals surface area contributed by atoms with Gasteiger partial charge in [0.1, 0.15) is 5.65 Å². The Morgan fingerprint density at radius 1 is 1.14 bits per heavy atom. The Morgan fingerprint density at radius 3 is 2.73 bits per heavy atom. The standard InChI is InChI=1S/C15H11Cl2N3OS/c1-9-4-5-20-13(6-9)18-14(19-15(20)21)22-8-10-2-3-11(16)12(17)7-10/h2-7H,8H2,1H3. The van der Waals surface area contributed by atoms with Crippen LogP contribution in [-0.2, 0) is 5.75 Å². The molecule has 0 aliphatic carbocycles. The molecule has 4 nitrogen and oxygen atoms in total. The zero-order valence-electron chi connectivity index (χ0n) is 11.6. The smallest absolute Gasteiger partial charge is 0.251 e. The molecule has 0 aliphatic rings. The van der Waals surface area contributed by atoms with Crippen molar-refractivity contribution in [2.24, 2.45) is 0 Å². The van der Waals surface area contributed by atoms with Crippen molar-refractivity contribution in [3.63, 3.8) is 0 Å². The summed E-state index contributed by atoms with van der Waals surface area (Å²) in [5.74, 6) is 0.609. The second-order valence-electron chi connectivity index (χ2n) is 4.76. The van der Waals surface area contributed by atoms with E-state index in [1.54, 1.807) is 18.3 Å². The lowest BCUT2D eigenvalue weighted by Crippen LogP contribution is -2.19. The molecule has 3 rings (SSSR count). The first-order valence-corrected chi connectivity index (χ1v) is 8.21. The molecule has 3 aromatic rings. The number of fused-ring (bicyclic) bond motifs is 1. The highest BCUT2D eigenvalue weighted by atomic mass is 35.5. The molecule has 0 saturated heterocycles. The zero-order valence-corrected chi connectivity index (χ0v) is 13.9. The maximum atomic E-state index is 12.0. The van der Waals surface area contributed by atoms with Gasteiger partial charge in [-0.15, -0.1) is 0 Å². The molecule has 112 valence electrons. The molecule has 0 N–H and O–H groups in total. The lowest BCUT2D eigenvalue weighted by Gasteiger charge is -2.05. The molecular weight excluding hydrogens is 341 g/mol. The summed E-state index contributed by atoms with van der Waals surface area (Å²) in [6.45, 7) is 1.95. The van der Waals surface area contributed by atoms with Crippen LogP contribution in [0, 0.1) is 6.92 Å². The monoisotopic (exact) mass is 351 g/mol. The fourth-order valence-corrected chi connectivity index (χ4v) is 3.03. The summed E-state index contributed by atoms with van der Waals surface area (Å²) < 4.78 is 1.43. The lowest BCUT2D eigenvalue weighted by atomic mass is 10.2. The van der Waals surface area contributed by atoms with Gasteiger partial charge < -0.3 is 0 Å². The van der Waals surface area contributed by atoms with Gasteiger partial charge in [0.25, 0.3) is 0 Å². The predicted molar refractivity (Wildman–Crippen MR) is 90.0 cm³/mol. The quantitative estimate of drug-likeness (QED) is 0.669. The van der Waals surface area contributed by atoms with E-state index < -0.39 is 0 Å². The number of nitrogens with zero attached hydrogens (tertiary/aromatic N) is 3. The van der Waals surface area contributed by atoms with E-state index >= 15 is 0 Å². The van der Waals surface area contributed by atoms with Gasteiger partial charge >= 0.3 is 5.69 Å². The van der Waals surface area contributed by atoms with Crippen LogP contribution in [0.25, 0.3) is 5.65 Å². The van der Waals surface area contributed by atoms with Gasteiger partial charge in [-0.1, -0.05) is 41.0 Å². The van der Waals surface area contributed by atoms with Gasteiger partial charge in [0.2, 0.25) is 0 Å². The van der Waals surface area contributed by atoms with Crippen molar-refractivity contribution >= 4 is 40.6 Å². The second kappa shape index (κ2) is 6.28. The Kier molecular flexibility index (Phi) is 4.38. The summed E-state index contributed by atoms with van der Waals surface area (Å²) in [7, 11) is 0. The normalized spacial score (nSPS) is 11.0. The van der Waals surface area contributed by atoms with Crippen LogP contribution >= 0.6 is 35.0 Å². The van der Waals surface area contributed by atoms with Crippen LogP contribution in [0.15, 0.2) is 46.5 Å². The number of thioether (sulfide) groups is 1. The number of pyridine rings is 1. The molecule has 0 spiro atoms. The van der Waals surface area contributed by atoms with Crippen molar-refractivity contribution in [2.75, 3.05) is 0 Å². The van der Waals surface area contributed by atoms with Gasteiger partial charge in [-0.25, -0.2) is 9.78 Å². The van der Waals surface area contributed by atoms with E-state index in [0.29, 0.717) is 26.6 Å². The van der Waals surface area contributed by atoms with Gasteiger partial charge in [-0.3, -0.25) is 4.40 Å². The molecule has 22 heavy (non-hydrogen) atoms. The third-order valence-electron chi connectivity index (χ3n) is 3.05. The molecule has 0 unspecified atom stereocenters. The van der Waals surface area contributed by atoms with Crippen molar-refractivity contribution < 1.29 is 0 Å². The highest BCUT2D eigenvalue weighted by Gasteiger charge is 2.06. The predicted octanol–water partition coefficient (Wildman–Crippen LogP) is 4.00. The molecule has 2 aromatic heterocycles. The van der Waals surface area contributed by atoms with Crippen LogP contribution in [0.3, 0.4) is 0 Å². The lowest BCUT2D eigenvalue weighted by molar-refractivity contribution is 0.845.